The van der Waals surface area contributed by atoms with Gasteiger partial charge in [0.25, 0.3) is 5.69 Å². The van der Waals surface area contributed by atoms with Gasteiger partial charge in [0.15, 0.2) is 4.34 Å². The Morgan fingerprint density at radius 3 is 2.50 bits per heavy atom. The Kier molecular flexibility index (Phi) is 5.44. The lowest BCUT2D eigenvalue weighted by Gasteiger charge is -2.15. The molecule has 1 amide bonds. The van der Waals surface area contributed by atoms with Gasteiger partial charge in [-0.3, -0.25) is 14.9 Å². The first-order chi connectivity index (χ1) is 12.5. The number of nitro groups is 1. The van der Waals surface area contributed by atoms with E-state index in [-0.39, 0.29) is 16.4 Å². The summed E-state index contributed by atoms with van der Waals surface area (Å²) in [6, 6.07) is 15.0. The molecule has 0 saturated heterocycles. The van der Waals surface area contributed by atoms with Gasteiger partial charge in [0, 0.05) is 11.8 Å². The number of aromatic nitrogens is 2. The van der Waals surface area contributed by atoms with Crippen molar-refractivity contribution in [1.82, 2.24) is 10.2 Å². The van der Waals surface area contributed by atoms with Crippen molar-refractivity contribution in [2.45, 2.75) is 9.59 Å². The van der Waals surface area contributed by atoms with Crippen molar-refractivity contribution in [3.63, 3.8) is 0 Å². The first kappa shape index (κ1) is 17.8. The first-order valence-electron chi connectivity index (χ1n) is 7.39. The summed E-state index contributed by atoms with van der Waals surface area (Å²) >= 11 is 2.19. The number of rotatable bonds is 6. The van der Waals surface area contributed by atoms with Crippen LogP contribution in [0.3, 0.4) is 0 Å². The van der Waals surface area contributed by atoms with Gasteiger partial charge in [0.1, 0.15) is 5.25 Å². The normalized spacial score (nSPS) is 11.7. The molecule has 0 radical (unpaired) electrons. The van der Waals surface area contributed by atoms with Gasteiger partial charge in [0.2, 0.25) is 11.0 Å². The zero-order valence-corrected chi connectivity index (χ0v) is 14.9. The zero-order valence-electron chi connectivity index (χ0n) is 13.2. The lowest BCUT2D eigenvalue weighted by molar-refractivity contribution is -0.385. The van der Waals surface area contributed by atoms with E-state index in [9.17, 15) is 14.9 Å². The van der Waals surface area contributed by atoms with E-state index in [0.717, 1.165) is 23.1 Å². The fourth-order valence-electron chi connectivity index (χ4n) is 2.23. The van der Waals surface area contributed by atoms with E-state index >= 15 is 0 Å². The summed E-state index contributed by atoms with van der Waals surface area (Å²) in [5.74, 6) is -0.399. The lowest BCUT2D eigenvalue weighted by Crippen LogP contribution is -2.19. The average molecular weight is 387 g/mol. The molecule has 132 valence electrons. The maximum atomic E-state index is 12.9. The molecule has 1 unspecified atom stereocenters. The molecule has 0 spiro atoms. The van der Waals surface area contributed by atoms with Crippen LogP contribution in [-0.2, 0) is 4.79 Å². The number of nitrogen functional groups attached to an aromatic ring is 1. The summed E-state index contributed by atoms with van der Waals surface area (Å²) in [5, 5.41) is 21.2. The molecule has 1 heterocycles. The number of amides is 1. The minimum Gasteiger partial charge on any atom is -0.374 e. The minimum absolute atomic E-state index is 0.134. The molecule has 8 nitrogen and oxygen atoms in total. The molecule has 3 N–H and O–H groups in total. The lowest BCUT2D eigenvalue weighted by atomic mass is 10.1. The summed E-state index contributed by atoms with van der Waals surface area (Å²) in [6.45, 7) is 0. The number of benzene rings is 2. The average Bonchev–Trinajstić information content (AvgIpc) is 3.05. The predicted octanol–water partition coefficient (Wildman–Crippen LogP) is 3.50. The third-order valence-corrected chi connectivity index (χ3v) is 5.41. The number of nitro benzene ring substituents is 1. The molecule has 3 aromatic rings. The van der Waals surface area contributed by atoms with E-state index in [0.29, 0.717) is 10.0 Å². The SMILES string of the molecule is Nc1nnc(SC(C(=O)Nc2ccccc2)c2ccccc2[N+](=O)[O-])s1. The monoisotopic (exact) mass is 387 g/mol. The van der Waals surface area contributed by atoms with Gasteiger partial charge in [-0.25, -0.2) is 0 Å². The number of nitrogens with zero attached hydrogens (tertiary/aromatic N) is 3. The molecule has 3 rings (SSSR count). The Labute approximate surface area is 156 Å². The van der Waals surface area contributed by atoms with Gasteiger partial charge in [0.05, 0.1) is 10.5 Å². The highest BCUT2D eigenvalue weighted by atomic mass is 32.2. The van der Waals surface area contributed by atoms with Crippen molar-refractivity contribution >= 4 is 45.5 Å². The maximum absolute atomic E-state index is 12.9. The third kappa shape index (κ3) is 4.16. The quantitative estimate of drug-likeness (QED) is 0.377. The van der Waals surface area contributed by atoms with Gasteiger partial charge >= 0.3 is 0 Å². The van der Waals surface area contributed by atoms with Crippen LogP contribution < -0.4 is 11.1 Å². The van der Waals surface area contributed by atoms with Gasteiger partial charge in [-0.15, -0.1) is 10.2 Å². The molecule has 0 fully saturated rings. The molecule has 0 aliphatic rings. The molecule has 0 aliphatic heterocycles. The highest BCUT2D eigenvalue weighted by Gasteiger charge is 2.30. The number of nitrogens with two attached hydrogens (primary N) is 1. The van der Waals surface area contributed by atoms with Gasteiger partial charge < -0.3 is 11.1 Å². The van der Waals surface area contributed by atoms with Crippen LogP contribution in [0.15, 0.2) is 58.9 Å². The Hall–Kier alpha value is -2.98. The van der Waals surface area contributed by atoms with Crippen molar-refractivity contribution < 1.29 is 9.72 Å². The smallest absolute Gasteiger partial charge is 0.274 e. The summed E-state index contributed by atoms with van der Waals surface area (Å²) < 4.78 is 0.453. The second kappa shape index (κ2) is 7.93. The molecule has 0 bridgehead atoms. The van der Waals surface area contributed by atoms with Crippen LogP contribution in [-0.4, -0.2) is 21.0 Å². The second-order valence-electron chi connectivity index (χ2n) is 5.08. The van der Waals surface area contributed by atoms with E-state index in [4.69, 9.17) is 5.73 Å². The maximum Gasteiger partial charge on any atom is 0.274 e. The second-order valence-corrected chi connectivity index (χ2v) is 7.44. The van der Waals surface area contributed by atoms with Crippen LogP contribution in [0.25, 0.3) is 0 Å². The van der Waals surface area contributed by atoms with Gasteiger partial charge in [-0.2, -0.15) is 0 Å². The molecule has 0 aliphatic carbocycles. The van der Waals surface area contributed by atoms with Crippen molar-refractivity contribution in [2.24, 2.45) is 0 Å². The fraction of sp³-hybridized carbons (Fsp3) is 0.0625. The van der Waals surface area contributed by atoms with Crippen molar-refractivity contribution in [1.29, 1.82) is 0 Å². The summed E-state index contributed by atoms with van der Waals surface area (Å²) in [6.07, 6.45) is 0. The standard InChI is InChI=1S/C16H13N5O3S2/c17-15-19-20-16(26-15)25-13(11-8-4-5-9-12(11)21(23)24)14(22)18-10-6-2-1-3-7-10/h1-9,13H,(H2,17,19)(H,18,22). The van der Waals surface area contributed by atoms with E-state index in [1.54, 1.807) is 42.5 Å². The topological polar surface area (TPSA) is 124 Å². The Morgan fingerprint density at radius 2 is 1.85 bits per heavy atom. The first-order valence-corrected chi connectivity index (χ1v) is 9.09. The van der Waals surface area contributed by atoms with Gasteiger partial charge in [-0.05, 0) is 12.1 Å². The number of nitrogens with one attached hydrogen (secondary N) is 1. The van der Waals surface area contributed by atoms with E-state index in [1.165, 1.54) is 6.07 Å². The zero-order chi connectivity index (χ0) is 18.5. The number of hydrogen-bond acceptors (Lipinski definition) is 8. The Bertz CT molecular complexity index is 932. The number of carbonyl (C=O) groups is 1. The van der Waals surface area contributed by atoms with Gasteiger partial charge in [-0.1, -0.05) is 59.5 Å². The molecular formula is C16H13N5O3S2. The van der Waals surface area contributed by atoms with E-state index in [1.807, 2.05) is 6.07 Å². The minimum atomic E-state index is -0.885. The number of thioether (sulfide) groups is 1. The molecule has 26 heavy (non-hydrogen) atoms. The van der Waals surface area contributed by atoms with E-state index < -0.39 is 16.1 Å². The van der Waals surface area contributed by atoms with Crippen molar-refractivity contribution in [2.75, 3.05) is 11.1 Å². The molecule has 0 saturated carbocycles. The molecular weight excluding hydrogens is 374 g/mol. The number of carbonyl (C=O) groups excluding carboxylic acids is 1. The van der Waals surface area contributed by atoms with Crippen LogP contribution >= 0.6 is 23.1 Å². The molecule has 10 heteroatoms. The predicted molar refractivity (Wildman–Crippen MR) is 101 cm³/mol. The van der Waals surface area contributed by atoms with Crippen LogP contribution in [0.2, 0.25) is 0 Å². The largest absolute Gasteiger partial charge is 0.374 e. The Morgan fingerprint density at radius 1 is 1.15 bits per heavy atom. The van der Waals surface area contributed by atoms with Crippen LogP contribution in [0, 0.1) is 10.1 Å². The van der Waals surface area contributed by atoms with Crippen molar-refractivity contribution in [3.8, 4) is 0 Å². The highest BCUT2D eigenvalue weighted by molar-refractivity contribution is 8.02. The van der Waals surface area contributed by atoms with Crippen molar-refractivity contribution in [3.05, 3.63) is 70.3 Å². The van der Waals surface area contributed by atoms with E-state index in [2.05, 4.69) is 15.5 Å². The molecule has 1 atom stereocenters. The molecule has 1 aromatic heterocycles. The molecule has 2 aromatic carbocycles. The highest BCUT2D eigenvalue weighted by Crippen LogP contribution is 2.41. The third-order valence-electron chi connectivity index (χ3n) is 3.34. The van der Waals surface area contributed by atoms with Crippen LogP contribution in [0.1, 0.15) is 10.8 Å². The number of para-hydroxylation sites is 2. The number of anilines is 2. The number of hydrogen-bond donors (Lipinski definition) is 2. The fourth-order valence-corrected chi connectivity index (χ4v) is 4.09. The summed E-state index contributed by atoms with van der Waals surface area (Å²) in [4.78, 5) is 23.7. The Balaban J connectivity index is 1.96. The van der Waals surface area contributed by atoms with Crippen LogP contribution in [0.4, 0.5) is 16.5 Å². The summed E-state index contributed by atoms with van der Waals surface area (Å²) in [7, 11) is 0. The summed E-state index contributed by atoms with van der Waals surface area (Å²) in [5.41, 5.74) is 6.34. The van der Waals surface area contributed by atoms with Crippen LogP contribution in [0.5, 0.6) is 0 Å².